The summed E-state index contributed by atoms with van der Waals surface area (Å²) in [5.74, 6) is 1.57. The van der Waals surface area contributed by atoms with Crippen LogP contribution < -0.4 is 4.74 Å². The Hall–Kier alpha value is -1.57. The molecule has 0 bridgehead atoms. The lowest BCUT2D eigenvalue weighted by Crippen LogP contribution is -2.11. The maximum atomic E-state index is 11.5. The third-order valence-corrected chi connectivity index (χ3v) is 3.49. The van der Waals surface area contributed by atoms with Crippen molar-refractivity contribution >= 4 is 5.78 Å². The molecule has 2 rings (SSSR count). The number of para-hydroxylation sites is 1. The quantitative estimate of drug-likeness (QED) is 0.715. The molecule has 2 heteroatoms. The molecule has 0 heterocycles. The van der Waals surface area contributed by atoms with E-state index in [0.717, 1.165) is 43.4 Å². The molecule has 1 unspecified atom stereocenters. The standard InChI is InChI=1S/C16H20O2/c1-2-6-14-7-3-4-10-16(14)18-12-11-13-8-5-9-15(13)17/h2-4,7,10,13H,1,5-6,8-9,11-12H2. The first-order valence-electron chi connectivity index (χ1n) is 6.65. The van der Waals surface area contributed by atoms with Gasteiger partial charge in [-0.25, -0.2) is 0 Å². The molecule has 18 heavy (non-hydrogen) atoms. The van der Waals surface area contributed by atoms with E-state index >= 15 is 0 Å². The fourth-order valence-corrected chi connectivity index (χ4v) is 2.47. The molecule has 96 valence electrons. The second-order valence-corrected chi connectivity index (χ2v) is 4.79. The van der Waals surface area contributed by atoms with Gasteiger partial charge >= 0.3 is 0 Å². The smallest absolute Gasteiger partial charge is 0.136 e. The summed E-state index contributed by atoms with van der Waals surface area (Å²) in [4.78, 5) is 11.5. The van der Waals surface area contributed by atoms with Gasteiger partial charge in [-0.2, -0.15) is 0 Å². The van der Waals surface area contributed by atoms with Crippen molar-refractivity contribution < 1.29 is 9.53 Å². The van der Waals surface area contributed by atoms with Crippen LogP contribution in [0.15, 0.2) is 36.9 Å². The van der Waals surface area contributed by atoms with Gasteiger partial charge in [0.05, 0.1) is 6.61 Å². The molecule has 1 aromatic rings. The molecule has 0 spiro atoms. The Balaban J connectivity index is 1.86. The van der Waals surface area contributed by atoms with Crippen LogP contribution in [0, 0.1) is 5.92 Å². The second-order valence-electron chi connectivity index (χ2n) is 4.79. The summed E-state index contributed by atoms with van der Waals surface area (Å²) in [5, 5.41) is 0. The minimum atomic E-state index is 0.233. The molecule has 1 aliphatic rings. The number of Topliss-reactive ketones (excluding diaryl/α,β-unsaturated/α-hetero) is 1. The molecule has 0 aromatic heterocycles. The van der Waals surface area contributed by atoms with Crippen LogP contribution in [0.3, 0.4) is 0 Å². The topological polar surface area (TPSA) is 26.3 Å². The summed E-state index contributed by atoms with van der Waals surface area (Å²) < 4.78 is 5.80. The van der Waals surface area contributed by atoms with Gasteiger partial charge in [-0.05, 0) is 37.3 Å². The highest BCUT2D eigenvalue weighted by Crippen LogP contribution is 2.25. The number of allylic oxidation sites excluding steroid dienone is 1. The highest BCUT2D eigenvalue weighted by Gasteiger charge is 2.23. The van der Waals surface area contributed by atoms with E-state index in [0.29, 0.717) is 12.4 Å². The van der Waals surface area contributed by atoms with Crippen molar-refractivity contribution in [3.63, 3.8) is 0 Å². The van der Waals surface area contributed by atoms with Gasteiger partial charge in [0.15, 0.2) is 0 Å². The van der Waals surface area contributed by atoms with Gasteiger partial charge in [0.1, 0.15) is 11.5 Å². The minimum Gasteiger partial charge on any atom is -0.493 e. The van der Waals surface area contributed by atoms with Crippen molar-refractivity contribution in [2.45, 2.75) is 32.1 Å². The van der Waals surface area contributed by atoms with Crippen LogP contribution in [-0.4, -0.2) is 12.4 Å². The lowest BCUT2D eigenvalue weighted by atomic mass is 10.0. The van der Waals surface area contributed by atoms with Crippen LogP contribution in [0.2, 0.25) is 0 Å². The van der Waals surface area contributed by atoms with E-state index in [1.54, 1.807) is 0 Å². The largest absolute Gasteiger partial charge is 0.493 e. The molecule has 0 aliphatic heterocycles. The summed E-state index contributed by atoms with van der Waals surface area (Å²) in [5.41, 5.74) is 1.16. The zero-order chi connectivity index (χ0) is 12.8. The predicted molar refractivity (Wildman–Crippen MR) is 72.8 cm³/mol. The molecular weight excluding hydrogens is 224 g/mol. The van der Waals surface area contributed by atoms with Crippen molar-refractivity contribution in [2.24, 2.45) is 5.92 Å². The van der Waals surface area contributed by atoms with Gasteiger partial charge in [-0.15, -0.1) is 6.58 Å². The number of rotatable bonds is 6. The first kappa shape index (κ1) is 12.9. The maximum absolute atomic E-state index is 11.5. The number of carbonyl (C=O) groups excluding carboxylic acids is 1. The van der Waals surface area contributed by atoms with Gasteiger partial charge < -0.3 is 4.74 Å². The molecule has 1 aromatic carbocycles. The van der Waals surface area contributed by atoms with Gasteiger partial charge in [0.25, 0.3) is 0 Å². The first-order valence-corrected chi connectivity index (χ1v) is 6.65. The highest BCUT2D eigenvalue weighted by molar-refractivity contribution is 5.82. The summed E-state index contributed by atoms with van der Waals surface area (Å²) in [6.07, 6.45) is 6.40. The van der Waals surface area contributed by atoms with Gasteiger partial charge in [-0.3, -0.25) is 4.79 Å². The third kappa shape index (κ3) is 3.22. The van der Waals surface area contributed by atoms with E-state index in [2.05, 4.69) is 12.6 Å². The molecule has 0 N–H and O–H groups in total. The Labute approximate surface area is 109 Å². The van der Waals surface area contributed by atoms with E-state index < -0.39 is 0 Å². The van der Waals surface area contributed by atoms with Crippen LogP contribution in [0.1, 0.15) is 31.2 Å². The predicted octanol–water partition coefficient (Wildman–Crippen LogP) is 3.55. The Morgan fingerprint density at radius 3 is 2.94 bits per heavy atom. The molecule has 2 nitrogen and oxygen atoms in total. The van der Waals surface area contributed by atoms with Crippen molar-refractivity contribution in [3.05, 3.63) is 42.5 Å². The number of ketones is 1. The lowest BCUT2D eigenvalue weighted by Gasteiger charge is -2.12. The van der Waals surface area contributed by atoms with E-state index in [9.17, 15) is 4.79 Å². The van der Waals surface area contributed by atoms with Gasteiger partial charge in [0, 0.05) is 12.3 Å². The van der Waals surface area contributed by atoms with Crippen LogP contribution in [0.25, 0.3) is 0 Å². The molecule has 1 fully saturated rings. The molecule has 0 radical (unpaired) electrons. The lowest BCUT2D eigenvalue weighted by molar-refractivity contribution is -0.121. The zero-order valence-electron chi connectivity index (χ0n) is 10.7. The van der Waals surface area contributed by atoms with E-state index in [1.165, 1.54) is 0 Å². The van der Waals surface area contributed by atoms with E-state index in [1.807, 2.05) is 24.3 Å². The minimum absolute atomic E-state index is 0.233. The molecule has 1 aliphatic carbocycles. The highest BCUT2D eigenvalue weighted by atomic mass is 16.5. The summed E-state index contributed by atoms with van der Waals surface area (Å²) >= 11 is 0. The normalized spacial score (nSPS) is 18.9. The second kappa shape index (κ2) is 6.39. The molecule has 1 atom stereocenters. The summed E-state index contributed by atoms with van der Waals surface area (Å²) in [7, 11) is 0. The monoisotopic (exact) mass is 244 g/mol. The summed E-state index contributed by atoms with van der Waals surface area (Å²) in [6.45, 7) is 4.38. The number of ether oxygens (including phenoxy) is 1. The molecular formula is C16H20O2. The Morgan fingerprint density at radius 2 is 2.22 bits per heavy atom. The molecule has 0 saturated heterocycles. The van der Waals surface area contributed by atoms with Gasteiger partial charge in [0.2, 0.25) is 0 Å². The fraction of sp³-hybridized carbons (Fsp3) is 0.438. The van der Waals surface area contributed by atoms with Crippen LogP contribution in [0.4, 0.5) is 0 Å². The van der Waals surface area contributed by atoms with E-state index in [-0.39, 0.29) is 5.92 Å². The zero-order valence-corrected chi connectivity index (χ0v) is 10.7. The number of carbonyl (C=O) groups is 1. The van der Waals surface area contributed by atoms with Crippen molar-refractivity contribution in [2.75, 3.05) is 6.61 Å². The Bertz CT molecular complexity index is 423. The number of benzene rings is 1. The first-order chi connectivity index (χ1) is 8.81. The van der Waals surface area contributed by atoms with Crippen LogP contribution in [-0.2, 0) is 11.2 Å². The van der Waals surface area contributed by atoms with Crippen LogP contribution >= 0.6 is 0 Å². The number of hydrogen-bond donors (Lipinski definition) is 0. The van der Waals surface area contributed by atoms with Gasteiger partial charge in [-0.1, -0.05) is 24.3 Å². The van der Waals surface area contributed by atoms with Crippen molar-refractivity contribution in [1.82, 2.24) is 0 Å². The Morgan fingerprint density at radius 1 is 1.39 bits per heavy atom. The average Bonchev–Trinajstić information content (AvgIpc) is 2.78. The molecule has 0 amide bonds. The maximum Gasteiger partial charge on any atom is 0.136 e. The van der Waals surface area contributed by atoms with E-state index in [4.69, 9.17) is 4.74 Å². The fourth-order valence-electron chi connectivity index (χ4n) is 2.47. The average molecular weight is 244 g/mol. The SMILES string of the molecule is C=CCc1ccccc1OCCC1CCCC1=O. The van der Waals surface area contributed by atoms with Crippen LogP contribution in [0.5, 0.6) is 5.75 Å². The third-order valence-electron chi connectivity index (χ3n) is 3.49. The molecule has 1 saturated carbocycles. The number of hydrogen-bond acceptors (Lipinski definition) is 2. The van der Waals surface area contributed by atoms with Crippen molar-refractivity contribution in [3.8, 4) is 5.75 Å². The Kier molecular flexibility index (Phi) is 4.57. The summed E-state index contributed by atoms with van der Waals surface area (Å²) in [6, 6.07) is 8.02. The van der Waals surface area contributed by atoms with Crippen molar-refractivity contribution in [1.29, 1.82) is 0 Å².